The number of rotatable bonds is 4. The van der Waals surface area contributed by atoms with Gasteiger partial charge in [-0.2, -0.15) is 0 Å². The van der Waals surface area contributed by atoms with Crippen molar-refractivity contribution >= 4 is 54.5 Å². The minimum absolute atomic E-state index is 0.264. The van der Waals surface area contributed by atoms with E-state index in [1.54, 1.807) is 35.2 Å². The number of thiazole rings is 1. The second kappa shape index (κ2) is 7.06. The number of fused-ring (bicyclic) bond motifs is 2. The van der Waals surface area contributed by atoms with Crippen LogP contribution in [0.1, 0.15) is 31.1 Å². The molecule has 1 aromatic carbocycles. The number of hydrogen-bond donors (Lipinski definition) is 1. The quantitative estimate of drug-likeness (QED) is 0.447. The number of benzene rings is 1. The summed E-state index contributed by atoms with van der Waals surface area (Å²) in [5.74, 6) is 0.273. The van der Waals surface area contributed by atoms with E-state index in [4.69, 9.17) is 0 Å². The summed E-state index contributed by atoms with van der Waals surface area (Å²) in [5, 5.41) is 4.34. The number of hydrogen-bond acceptors (Lipinski definition) is 6. The van der Waals surface area contributed by atoms with E-state index >= 15 is 0 Å². The number of thiophene rings is 1. The second-order valence-electron chi connectivity index (χ2n) is 7.27. The van der Waals surface area contributed by atoms with Gasteiger partial charge in [0.1, 0.15) is 10.6 Å². The highest BCUT2D eigenvalue weighted by atomic mass is 32.1. The first-order valence-corrected chi connectivity index (χ1v) is 11.3. The molecule has 0 aliphatic carbocycles. The number of likely N-dealkylation sites (N-methyl/N-ethyl adjacent to an activating group) is 1. The van der Waals surface area contributed by atoms with E-state index in [9.17, 15) is 4.39 Å². The number of nitrogens with one attached hydrogen (secondary N) is 1. The van der Waals surface area contributed by atoms with Crippen molar-refractivity contribution < 1.29 is 4.39 Å². The van der Waals surface area contributed by atoms with Crippen LogP contribution in [0.4, 0.5) is 15.8 Å². The molecule has 1 aliphatic heterocycles. The van der Waals surface area contributed by atoms with Crippen molar-refractivity contribution in [3.05, 3.63) is 46.7 Å². The maximum atomic E-state index is 14.6. The number of likely N-dealkylation sites (tertiary alicyclic amines) is 1. The van der Waals surface area contributed by atoms with Crippen LogP contribution in [0.3, 0.4) is 0 Å². The molecule has 0 unspecified atom stereocenters. The largest absolute Gasteiger partial charge is 0.352 e. The van der Waals surface area contributed by atoms with Gasteiger partial charge in [0.05, 0.1) is 27.1 Å². The Balaban J connectivity index is 1.51. The third-order valence-corrected chi connectivity index (χ3v) is 7.77. The summed E-state index contributed by atoms with van der Waals surface area (Å²) in [6.45, 7) is 6.78. The van der Waals surface area contributed by atoms with E-state index in [0.717, 1.165) is 39.2 Å². The minimum atomic E-state index is -0.264. The predicted octanol–water partition coefficient (Wildman–Crippen LogP) is 5.99. The molecule has 2 atom stereocenters. The molecule has 0 amide bonds. The van der Waals surface area contributed by atoms with Crippen molar-refractivity contribution in [2.75, 3.05) is 18.4 Å². The summed E-state index contributed by atoms with van der Waals surface area (Å²) >= 11 is 3.21. The summed E-state index contributed by atoms with van der Waals surface area (Å²) < 4.78 is 15.4. The average Bonchev–Trinajstić information content (AvgIpc) is 3.39. The molecular formula is C21H21FN4S2. The minimum Gasteiger partial charge on any atom is -0.352 e. The van der Waals surface area contributed by atoms with Gasteiger partial charge in [-0.1, -0.05) is 6.92 Å². The summed E-state index contributed by atoms with van der Waals surface area (Å²) in [6.07, 6.45) is 2.97. The molecule has 1 fully saturated rings. The van der Waals surface area contributed by atoms with Gasteiger partial charge in [-0.05, 0) is 50.7 Å². The lowest BCUT2D eigenvalue weighted by atomic mass is 9.99. The van der Waals surface area contributed by atoms with Crippen LogP contribution in [0.25, 0.3) is 20.4 Å². The van der Waals surface area contributed by atoms with Crippen LogP contribution in [-0.4, -0.2) is 34.0 Å². The first-order chi connectivity index (χ1) is 13.6. The van der Waals surface area contributed by atoms with Gasteiger partial charge >= 0.3 is 0 Å². The molecule has 0 spiro atoms. The van der Waals surface area contributed by atoms with Crippen LogP contribution in [0, 0.1) is 5.82 Å². The zero-order valence-electron chi connectivity index (χ0n) is 15.8. The molecule has 5 rings (SSSR count). The predicted molar refractivity (Wildman–Crippen MR) is 117 cm³/mol. The first kappa shape index (κ1) is 18.0. The highest BCUT2D eigenvalue weighted by molar-refractivity contribution is 7.18. The van der Waals surface area contributed by atoms with Crippen LogP contribution in [0.2, 0.25) is 0 Å². The van der Waals surface area contributed by atoms with E-state index < -0.39 is 0 Å². The first-order valence-electron chi connectivity index (χ1n) is 9.56. The summed E-state index contributed by atoms with van der Waals surface area (Å²) in [7, 11) is 0. The molecule has 1 saturated heterocycles. The lowest BCUT2D eigenvalue weighted by molar-refractivity contribution is 0.274. The highest BCUT2D eigenvalue weighted by Crippen LogP contribution is 2.41. The number of anilines is 2. The Morgan fingerprint density at radius 1 is 1.25 bits per heavy atom. The van der Waals surface area contributed by atoms with Crippen molar-refractivity contribution in [3.63, 3.8) is 0 Å². The number of halogens is 1. The number of aromatic nitrogens is 2. The molecule has 1 aliphatic rings. The molecular weight excluding hydrogens is 391 g/mol. The van der Waals surface area contributed by atoms with Crippen LogP contribution in [0.5, 0.6) is 0 Å². The molecule has 3 aromatic heterocycles. The van der Waals surface area contributed by atoms with E-state index in [-0.39, 0.29) is 5.82 Å². The highest BCUT2D eigenvalue weighted by Gasteiger charge is 2.32. The molecule has 4 heterocycles. The smallest absolute Gasteiger partial charge is 0.148 e. The Morgan fingerprint density at radius 2 is 2.14 bits per heavy atom. The van der Waals surface area contributed by atoms with Gasteiger partial charge < -0.3 is 10.2 Å². The van der Waals surface area contributed by atoms with Crippen molar-refractivity contribution in [2.45, 2.75) is 32.2 Å². The Morgan fingerprint density at radius 3 is 2.96 bits per heavy atom. The fraction of sp³-hybridized carbons (Fsp3) is 0.333. The van der Waals surface area contributed by atoms with Crippen molar-refractivity contribution in [3.8, 4) is 0 Å². The van der Waals surface area contributed by atoms with Gasteiger partial charge in [0.15, 0.2) is 0 Å². The molecule has 144 valence electrons. The summed E-state index contributed by atoms with van der Waals surface area (Å²) in [4.78, 5) is 13.8. The molecule has 0 radical (unpaired) electrons. The Kier molecular flexibility index (Phi) is 4.53. The Bertz CT molecular complexity index is 1150. The van der Waals surface area contributed by atoms with Gasteiger partial charge in [-0.15, -0.1) is 22.7 Å². The lowest BCUT2D eigenvalue weighted by Crippen LogP contribution is -2.28. The van der Waals surface area contributed by atoms with Crippen LogP contribution >= 0.6 is 22.7 Å². The molecule has 28 heavy (non-hydrogen) atoms. The fourth-order valence-electron chi connectivity index (χ4n) is 4.20. The summed E-state index contributed by atoms with van der Waals surface area (Å²) in [5.41, 5.74) is 3.89. The van der Waals surface area contributed by atoms with E-state index in [1.165, 1.54) is 22.6 Å². The van der Waals surface area contributed by atoms with Crippen LogP contribution in [-0.2, 0) is 0 Å². The van der Waals surface area contributed by atoms with Gasteiger partial charge in [-0.3, -0.25) is 0 Å². The molecule has 7 heteroatoms. The summed E-state index contributed by atoms with van der Waals surface area (Å²) in [6, 6.07) is 8.03. The third-order valence-electron chi connectivity index (χ3n) is 5.80. The van der Waals surface area contributed by atoms with E-state index in [1.807, 2.05) is 6.07 Å². The molecule has 0 saturated carbocycles. The molecule has 4 nitrogen and oxygen atoms in total. The fourth-order valence-corrected chi connectivity index (χ4v) is 6.14. The SMILES string of the molecule is CCN1CC[C@@H](c2cc3c(Nc4cc5ncsc5cc4F)ccnc3s2)[C@@H]1C. The maximum absolute atomic E-state index is 14.6. The zero-order chi connectivity index (χ0) is 19.3. The molecule has 4 aromatic rings. The Labute approximate surface area is 171 Å². The lowest BCUT2D eigenvalue weighted by Gasteiger charge is -2.22. The zero-order valence-corrected chi connectivity index (χ0v) is 17.4. The van der Waals surface area contributed by atoms with Gasteiger partial charge in [0.25, 0.3) is 0 Å². The normalized spacial score (nSPS) is 20.4. The van der Waals surface area contributed by atoms with E-state index in [0.29, 0.717) is 17.6 Å². The maximum Gasteiger partial charge on any atom is 0.148 e. The van der Waals surface area contributed by atoms with Crippen LogP contribution < -0.4 is 5.32 Å². The van der Waals surface area contributed by atoms with Gasteiger partial charge in [0, 0.05) is 28.4 Å². The van der Waals surface area contributed by atoms with Crippen molar-refractivity contribution in [2.24, 2.45) is 0 Å². The molecule has 0 bridgehead atoms. The standard InChI is InChI=1S/C21H21FN4S2/c1-3-26-7-5-13(12(26)2)19-8-14-16(4-6-23-21(14)28-19)25-17-10-18-20(9-15(17)22)27-11-24-18/h4,6,8-13H,3,5,7H2,1-2H3,(H,23,25)/t12-,13+/m0/s1. The monoisotopic (exact) mass is 412 g/mol. The van der Waals surface area contributed by atoms with Crippen LogP contribution in [0.15, 0.2) is 36.0 Å². The van der Waals surface area contributed by atoms with Gasteiger partial charge in [0.2, 0.25) is 0 Å². The third kappa shape index (κ3) is 2.98. The number of pyridine rings is 1. The average molecular weight is 413 g/mol. The number of nitrogens with zero attached hydrogens (tertiary/aromatic N) is 3. The van der Waals surface area contributed by atoms with Gasteiger partial charge in [-0.25, -0.2) is 14.4 Å². The molecule has 1 N–H and O–H groups in total. The second-order valence-corrected chi connectivity index (χ2v) is 9.22. The Hall–Kier alpha value is -2.09. The topological polar surface area (TPSA) is 41.0 Å². The van der Waals surface area contributed by atoms with Crippen molar-refractivity contribution in [1.29, 1.82) is 0 Å². The van der Waals surface area contributed by atoms with E-state index in [2.05, 4.69) is 40.1 Å². The van der Waals surface area contributed by atoms with Crippen molar-refractivity contribution in [1.82, 2.24) is 14.9 Å².